The molecule has 0 atom stereocenters. The number of rotatable bonds is 3. The molecule has 1 aromatic carbocycles. The van der Waals surface area contributed by atoms with Crippen molar-refractivity contribution in [3.05, 3.63) is 57.8 Å². The van der Waals surface area contributed by atoms with Crippen LogP contribution in [0.4, 0.5) is 0 Å². The van der Waals surface area contributed by atoms with E-state index in [1.807, 2.05) is 24.3 Å². The van der Waals surface area contributed by atoms with E-state index < -0.39 is 0 Å². The van der Waals surface area contributed by atoms with Gasteiger partial charge in [0.05, 0.1) is 5.71 Å². The van der Waals surface area contributed by atoms with Crippen LogP contribution in [0.2, 0.25) is 0 Å². The zero-order chi connectivity index (χ0) is 13.9. The topological polar surface area (TPSA) is 54.7 Å². The van der Waals surface area contributed by atoms with Crippen LogP contribution in [0.5, 0.6) is 5.75 Å². The van der Waals surface area contributed by atoms with Crippen molar-refractivity contribution in [1.82, 2.24) is 4.98 Å². The van der Waals surface area contributed by atoms with Gasteiger partial charge in [0, 0.05) is 28.0 Å². The SMILES string of the molecule is O/N=C1/CCc2cc(OCc3cncc(Br)c3)ccc21. The summed E-state index contributed by atoms with van der Waals surface area (Å²) >= 11 is 3.39. The number of fused-ring (bicyclic) bond motifs is 1. The Balaban J connectivity index is 1.73. The van der Waals surface area contributed by atoms with Gasteiger partial charge in [0.15, 0.2) is 0 Å². The van der Waals surface area contributed by atoms with E-state index in [0.717, 1.165) is 39.9 Å². The number of halogens is 1. The molecule has 20 heavy (non-hydrogen) atoms. The number of aryl methyl sites for hydroxylation is 1. The lowest BCUT2D eigenvalue weighted by atomic mass is 10.1. The first-order valence-electron chi connectivity index (χ1n) is 6.33. The van der Waals surface area contributed by atoms with Crippen LogP contribution in [0.15, 0.2) is 46.3 Å². The van der Waals surface area contributed by atoms with E-state index in [9.17, 15) is 0 Å². The molecule has 2 aromatic rings. The van der Waals surface area contributed by atoms with Gasteiger partial charge < -0.3 is 9.94 Å². The van der Waals surface area contributed by atoms with Gasteiger partial charge in [-0.2, -0.15) is 0 Å². The molecule has 4 nitrogen and oxygen atoms in total. The molecule has 0 unspecified atom stereocenters. The molecule has 5 heteroatoms. The lowest BCUT2D eigenvalue weighted by Gasteiger charge is -2.08. The summed E-state index contributed by atoms with van der Waals surface area (Å²) in [6, 6.07) is 7.85. The Morgan fingerprint density at radius 2 is 2.15 bits per heavy atom. The minimum atomic E-state index is 0.478. The molecule has 1 aliphatic carbocycles. The quantitative estimate of drug-likeness (QED) is 0.690. The Bertz CT molecular complexity index is 671. The van der Waals surface area contributed by atoms with Crippen molar-refractivity contribution in [2.45, 2.75) is 19.4 Å². The molecule has 1 N–H and O–H groups in total. The Hall–Kier alpha value is -1.88. The molecule has 0 saturated heterocycles. The molecule has 1 aliphatic rings. The van der Waals surface area contributed by atoms with Crippen molar-refractivity contribution >= 4 is 21.6 Å². The highest BCUT2D eigenvalue weighted by atomic mass is 79.9. The van der Waals surface area contributed by atoms with E-state index in [4.69, 9.17) is 9.94 Å². The van der Waals surface area contributed by atoms with Crippen molar-refractivity contribution in [3.8, 4) is 5.75 Å². The van der Waals surface area contributed by atoms with Crippen LogP contribution in [0, 0.1) is 0 Å². The minimum absolute atomic E-state index is 0.478. The van der Waals surface area contributed by atoms with Gasteiger partial charge in [0.1, 0.15) is 12.4 Å². The van der Waals surface area contributed by atoms with E-state index in [0.29, 0.717) is 6.61 Å². The van der Waals surface area contributed by atoms with Crippen molar-refractivity contribution in [2.75, 3.05) is 0 Å². The first kappa shape index (κ1) is 13.1. The van der Waals surface area contributed by atoms with Gasteiger partial charge in [-0.15, -0.1) is 0 Å². The van der Waals surface area contributed by atoms with Crippen LogP contribution in [-0.4, -0.2) is 15.9 Å². The summed E-state index contributed by atoms with van der Waals surface area (Å²) in [7, 11) is 0. The molecule has 0 bridgehead atoms. The maximum atomic E-state index is 8.91. The maximum absolute atomic E-state index is 8.91. The average molecular weight is 333 g/mol. The Morgan fingerprint density at radius 1 is 1.25 bits per heavy atom. The summed E-state index contributed by atoms with van der Waals surface area (Å²) in [6.45, 7) is 0.478. The molecule has 1 heterocycles. The highest BCUT2D eigenvalue weighted by Gasteiger charge is 2.18. The van der Waals surface area contributed by atoms with Gasteiger partial charge in [0.25, 0.3) is 0 Å². The fourth-order valence-corrected chi connectivity index (χ4v) is 2.75. The molecular weight excluding hydrogens is 320 g/mol. The monoisotopic (exact) mass is 332 g/mol. The number of benzene rings is 1. The van der Waals surface area contributed by atoms with Gasteiger partial charge in [0.2, 0.25) is 0 Å². The predicted molar refractivity (Wildman–Crippen MR) is 79.4 cm³/mol. The third kappa shape index (κ3) is 2.67. The fourth-order valence-electron chi connectivity index (χ4n) is 2.34. The van der Waals surface area contributed by atoms with Gasteiger partial charge in [-0.05, 0) is 58.6 Å². The summed E-state index contributed by atoms with van der Waals surface area (Å²) < 4.78 is 6.72. The highest BCUT2D eigenvalue weighted by molar-refractivity contribution is 9.10. The molecule has 0 spiro atoms. The summed E-state index contributed by atoms with van der Waals surface area (Å²) in [6.07, 6.45) is 5.21. The van der Waals surface area contributed by atoms with Crippen molar-refractivity contribution in [1.29, 1.82) is 0 Å². The molecule has 0 radical (unpaired) electrons. The number of ether oxygens (including phenoxy) is 1. The fraction of sp³-hybridized carbons (Fsp3) is 0.200. The first-order chi connectivity index (χ1) is 9.76. The van der Waals surface area contributed by atoms with Crippen LogP contribution < -0.4 is 4.74 Å². The molecule has 1 aromatic heterocycles. The number of hydrogen-bond donors (Lipinski definition) is 1. The second-order valence-corrected chi connectivity index (χ2v) is 5.58. The number of pyridine rings is 1. The maximum Gasteiger partial charge on any atom is 0.120 e. The molecule has 0 saturated carbocycles. The van der Waals surface area contributed by atoms with Crippen LogP contribution in [0.1, 0.15) is 23.1 Å². The number of aromatic nitrogens is 1. The van der Waals surface area contributed by atoms with E-state index in [-0.39, 0.29) is 0 Å². The average Bonchev–Trinajstić information content (AvgIpc) is 2.87. The molecular formula is C15H13BrN2O2. The van der Waals surface area contributed by atoms with E-state index >= 15 is 0 Å². The number of oxime groups is 1. The van der Waals surface area contributed by atoms with Crippen molar-refractivity contribution in [2.24, 2.45) is 5.16 Å². The third-order valence-corrected chi connectivity index (χ3v) is 3.74. The zero-order valence-corrected chi connectivity index (χ0v) is 12.3. The smallest absolute Gasteiger partial charge is 0.120 e. The second-order valence-electron chi connectivity index (χ2n) is 4.67. The standard InChI is InChI=1S/C15H13BrN2O2/c16-12-5-10(7-17-8-12)9-20-13-2-3-14-11(6-13)1-4-15(14)18-19/h2-3,5-8,19H,1,4,9H2/b18-15-. The number of hydrogen-bond acceptors (Lipinski definition) is 4. The van der Waals surface area contributed by atoms with Gasteiger partial charge in [-0.3, -0.25) is 4.98 Å². The minimum Gasteiger partial charge on any atom is -0.489 e. The third-order valence-electron chi connectivity index (χ3n) is 3.31. The van der Waals surface area contributed by atoms with Crippen molar-refractivity contribution < 1.29 is 9.94 Å². The molecule has 0 fully saturated rings. The Kier molecular flexibility index (Phi) is 3.69. The van der Waals surface area contributed by atoms with Crippen LogP contribution in [0.25, 0.3) is 0 Å². The van der Waals surface area contributed by atoms with E-state index in [1.165, 1.54) is 5.56 Å². The van der Waals surface area contributed by atoms with E-state index in [2.05, 4.69) is 26.1 Å². The van der Waals surface area contributed by atoms with Crippen LogP contribution in [0.3, 0.4) is 0 Å². The van der Waals surface area contributed by atoms with Crippen LogP contribution >= 0.6 is 15.9 Å². The van der Waals surface area contributed by atoms with E-state index in [1.54, 1.807) is 12.4 Å². The van der Waals surface area contributed by atoms with Crippen molar-refractivity contribution in [3.63, 3.8) is 0 Å². The lowest BCUT2D eigenvalue weighted by molar-refractivity contribution is 0.305. The molecule has 102 valence electrons. The largest absolute Gasteiger partial charge is 0.489 e. The van der Waals surface area contributed by atoms with Gasteiger partial charge in [-0.25, -0.2) is 0 Å². The van der Waals surface area contributed by atoms with Crippen LogP contribution in [-0.2, 0) is 13.0 Å². The number of nitrogens with zero attached hydrogens (tertiary/aromatic N) is 2. The highest BCUT2D eigenvalue weighted by Crippen LogP contribution is 2.27. The first-order valence-corrected chi connectivity index (χ1v) is 7.12. The summed E-state index contributed by atoms with van der Waals surface area (Å²) in [4.78, 5) is 4.10. The lowest BCUT2D eigenvalue weighted by Crippen LogP contribution is -1.98. The molecule has 0 amide bonds. The Morgan fingerprint density at radius 3 is 2.95 bits per heavy atom. The molecule has 0 aliphatic heterocycles. The zero-order valence-electron chi connectivity index (χ0n) is 10.7. The normalized spacial score (nSPS) is 15.3. The van der Waals surface area contributed by atoms with Gasteiger partial charge in [-0.1, -0.05) is 5.16 Å². The summed E-state index contributed by atoms with van der Waals surface area (Å²) in [5.41, 5.74) is 3.95. The summed E-state index contributed by atoms with van der Waals surface area (Å²) in [5, 5.41) is 12.2. The summed E-state index contributed by atoms with van der Waals surface area (Å²) in [5.74, 6) is 0.822. The second kappa shape index (κ2) is 5.63. The predicted octanol–water partition coefficient (Wildman–Crippen LogP) is 3.55. The van der Waals surface area contributed by atoms with Gasteiger partial charge >= 0.3 is 0 Å². The Labute approximate surface area is 125 Å². The molecule has 3 rings (SSSR count).